The highest BCUT2D eigenvalue weighted by Gasteiger charge is 2.44. The molecule has 0 aromatic carbocycles. The average molecular weight is 224 g/mol. The largest absolute Gasteiger partial charge is 0.456 e. The molecular weight excluding hydrogens is 212 g/mol. The van der Waals surface area contributed by atoms with Crippen LogP contribution in [0.3, 0.4) is 0 Å². The Kier molecular flexibility index (Phi) is 2.02. The lowest BCUT2D eigenvalue weighted by molar-refractivity contribution is -0.0257. The first-order valence-corrected chi connectivity index (χ1v) is 5.22. The van der Waals surface area contributed by atoms with Crippen molar-refractivity contribution in [3.05, 3.63) is 22.1 Å². The molecule has 3 rings (SSSR count). The second-order valence-electron chi connectivity index (χ2n) is 4.14. The van der Waals surface area contributed by atoms with Crippen molar-refractivity contribution in [2.75, 3.05) is 6.61 Å². The normalized spacial score (nSPS) is 31.0. The maximum atomic E-state index is 11.3. The molecule has 1 saturated heterocycles. The zero-order valence-electron chi connectivity index (χ0n) is 8.79. The maximum Gasteiger partial charge on any atom is 0.302 e. The molecule has 2 aliphatic rings. The van der Waals surface area contributed by atoms with E-state index in [0.29, 0.717) is 18.0 Å². The molecule has 1 fully saturated rings. The van der Waals surface area contributed by atoms with Gasteiger partial charge in [0.2, 0.25) is 0 Å². The summed E-state index contributed by atoms with van der Waals surface area (Å²) in [6.45, 7) is 1.69. The number of aliphatic hydroxyl groups excluding tert-OH is 1. The number of hydrogen-bond acceptors (Lipinski definition) is 5. The van der Waals surface area contributed by atoms with Crippen LogP contribution in [0.25, 0.3) is 0 Å². The van der Waals surface area contributed by atoms with Gasteiger partial charge in [-0.15, -0.1) is 0 Å². The molecule has 0 aliphatic carbocycles. The summed E-state index contributed by atoms with van der Waals surface area (Å²) in [5.74, 6) is 0. The van der Waals surface area contributed by atoms with E-state index in [1.807, 2.05) is 0 Å². The number of nitrogens with zero attached hydrogens (tertiary/aromatic N) is 2. The van der Waals surface area contributed by atoms with Gasteiger partial charge in [0.15, 0.2) is 6.23 Å². The second-order valence-corrected chi connectivity index (χ2v) is 4.14. The van der Waals surface area contributed by atoms with Gasteiger partial charge < -0.3 is 14.6 Å². The number of fused-ring (bicyclic) bond motifs is 3. The summed E-state index contributed by atoms with van der Waals surface area (Å²) in [6, 6.07) is 0.307. The van der Waals surface area contributed by atoms with E-state index in [1.54, 1.807) is 17.7 Å². The van der Waals surface area contributed by atoms with Crippen LogP contribution in [0.4, 0.5) is 0 Å². The van der Waals surface area contributed by atoms with Crippen molar-refractivity contribution in [3.8, 4) is 6.01 Å². The van der Waals surface area contributed by atoms with E-state index >= 15 is 0 Å². The summed E-state index contributed by atoms with van der Waals surface area (Å²) in [5, 5.41) is 9.01. The third-order valence-corrected chi connectivity index (χ3v) is 2.97. The topological polar surface area (TPSA) is 73.6 Å². The third-order valence-electron chi connectivity index (χ3n) is 2.97. The molecule has 3 heterocycles. The summed E-state index contributed by atoms with van der Waals surface area (Å²) < 4.78 is 12.8. The molecule has 1 N–H and O–H groups in total. The van der Waals surface area contributed by atoms with Crippen LogP contribution in [0.15, 0.2) is 11.0 Å². The van der Waals surface area contributed by atoms with Crippen molar-refractivity contribution < 1.29 is 14.6 Å². The molecule has 0 bridgehead atoms. The fraction of sp³-hybridized carbons (Fsp3) is 0.600. The molecule has 6 heteroatoms. The molecule has 1 aromatic heterocycles. The monoisotopic (exact) mass is 224 g/mol. The number of hydrogen-bond donors (Lipinski definition) is 1. The Labute approximate surface area is 91.4 Å². The molecule has 86 valence electrons. The Morgan fingerprint density at radius 3 is 3.25 bits per heavy atom. The second kappa shape index (κ2) is 3.29. The quantitative estimate of drug-likeness (QED) is 0.702. The van der Waals surface area contributed by atoms with E-state index in [9.17, 15) is 4.79 Å². The predicted molar refractivity (Wildman–Crippen MR) is 53.3 cm³/mol. The van der Waals surface area contributed by atoms with Gasteiger partial charge in [-0.1, -0.05) is 0 Å². The smallest absolute Gasteiger partial charge is 0.302 e. The maximum absolute atomic E-state index is 11.3. The van der Waals surface area contributed by atoms with Crippen LogP contribution in [0, 0.1) is 6.92 Å². The molecule has 0 saturated carbocycles. The van der Waals surface area contributed by atoms with Crippen LogP contribution in [0.5, 0.6) is 6.01 Å². The standard InChI is InChI=1S/C10H12N2O4/c1-5-3-12-9-7(2-6(4-13)15-9)16-10(12)11-8(5)14/h3,6-7,9,13H,2,4H2,1H3/t6-,7?,9+/m0/s1. The highest BCUT2D eigenvalue weighted by Crippen LogP contribution is 2.38. The minimum Gasteiger partial charge on any atom is -0.456 e. The number of aromatic nitrogens is 2. The highest BCUT2D eigenvalue weighted by molar-refractivity contribution is 5.14. The van der Waals surface area contributed by atoms with E-state index < -0.39 is 0 Å². The molecule has 2 aliphatic heterocycles. The van der Waals surface area contributed by atoms with Crippen molar-refractivity contribution in [2.24, 2.45) is 0 Å². The molecule has 0 radical (unpaired) electrons. The van der Waals surface area contributed by atoms with Crippen molar-refractivity contribution >= 4 is 0 Å². The first-order chi connectivity index (χ1) is 7.69. The van der Waals surface area contributed by atoms with Gasteiger partial charge in [-0.2, -0.15) is 4.98 Å². The molecule has 6 nitrogen and oxygen atoms in total. The van der Waals surface area contributed by atoms with E-state index in [0.717, 1.165) is 0 Å². The van der Waals surface area contributed by atoms with Crippen LogP contribution < -0.4 is 10.3 Å². The molecule has 0 spiro atoms. The van der Waals surface area contributed by atoms with Gasteiger partial charge in [-0.3, -0.25) is 9.36 Å². The Hall–Kier alpha value is -1.40. The number of ether oxygens (including phenoxy) is 2. The van der Waals surface area contributed by atoms with E-state index in [4.69, 9.17) is 14.6 Å². The zero-order chi connectivity index (χ0) is 11.3. The lowest BCUT2D eigenvalue weighted by Crippen LogP contribution is -2.18. The van der Waals surface area contributed by atoms with Crippen LogP contribution in [0.1, 0.15) is 18.2 Å². The Bertz CT molecular complexity index is 484. The highest BCUT2D eigenvalue weighted by atomic mass is 16.6. The lowest BCUT2D eigenvalue weighted by atomic mass is 10.2. The Morgan fingerprint density at radius 1 is 1.69 bits per heavy atom. The van der Waals surface area contributed by atoms with Gasteiger partial charge in [0.25, 0.3) is 5.56 Å². The van der Waals surface area contributed by atoms with Gasteiger partial charge in [-0.25, -0.2) is 0 Å². The minimum absolute atomic E-state index is 0.0156. The summed E-state index contributed by atoms with van der Waals surface area (Å²) in [6.07, 6.45) is 1.71. The van der Waals surface area contributed by atoms with Gasteiger partial charge in [0.05, 0.1) is 12.7 Å². The first kappa shape index (κ1) is 9.80. The van der Waals surface area contributed by atoms with Crippen molar-refractivity contribution in [1.82, 2.24) is 9.55 Å². The van der Waals surface area contributed by atoms with E-state index in [1.165, 1.54) is 0 Å². The molecule has 0 amide bonds. The zero-order valence-corrected chi connectivity index (χ0v) is 8.79. The molecule has 3 atom stereocenters. The molecule has 16 heavy (non-hydrogen) atoms. The number of aliphatic hydroxyl groups is 1. The van der Waals surface area contributed by atoms with Crippen LogP contribution in [-0.4, -0.2) is 33.5 Å². The van der Waals surface area contributed by atoms with Crippen molar-refractivity contribution in [3.63, 3.8) is 0 Å². The fourth-order valence-electron chi connectivity index (χ4n) is 2.14. The molecule has 1 unspecified atom stereocenters. The number of rotatable bonds is 1. The number of aryl methyl sites for hydroxylation is 1. The van der Waals surface area contributed by atoms with Crippen molar-refractivity contribution in [2.45, 2.75) is 31.8 Å². The fourth-order valence-corrected chi connectivity index (χ4v) is 2.14. The molecular formula is C10H12N2O4. The summed E-state index contributed by atoms with van der Waals surface area (Å²) in [7, 11) is 0. The van der Waals surface area contributed by atoms with Crippen LogP contribution >= 0.6 is 0 Å². The van der Waals surface area contributed by atoms with Gasteiger partial charge >= 0.3 is 6.01 Å². The predicted octanol–water partition coefficient (Wildman–Crippen LogP) is -0.407. The lowest BCUT2D eigenvalue weighted by Gasteiger charge is -2.12. The molecule has 1 aromatic rings. The minimum atomic E-state index is -0.273. The average Bonchev–Trinajstić information content (AvgIpc) is 2.77. The van der Waals surface area contributed by atoms with E-state index in [2.05, 4.69) is 4.98 Å². The van der Waals surface area contributed by atoms with Gasteiger partial charge in [0, 0.05) is 18.2 Å². The van der Waals surface area contributed by atoms with E-state index in [-0.39, 0.29) is 30.6 Å². The summed E-state index contributed by atoms with van der Waals surface area (Å²) in [4.78, 5) is 15.2. The first-order valence-electron chi connectivity index (χ1n) is 5.22. The van der Waals surface area contributed by atoms with Gasteiger partial charge in [-0.05, 0) is 6.92 Å². The van der Waals surface area contributed by atoms with Crippen LogP contribution in [-0.2, 0) is 4.74 Å². The SMILES string of the molecule is Cc1cn2c(nc1=O)OC1C[C@@H](CO)O[C@H]12. The van der Waals surface area contributed by atoms with Crippen molar-refractivity contribution in [1.29, 1.82) is 0 Å². The summed E-state index contributed by atoms with van der Waals surface area (Å²) in [5.41, 5.74) is 0.286. The Balaban J connectivity index is 2.00. The van der Waals surface area contributed by atoms with Crippen LogP contribution in [0.2, 0.25) is 0 Å². The summed E-state index contributed by atoms with van der Waals surface area (Å²) >= 11 is 0. The van der Waals surface area contributed by atoms with Gasteiger partial charge in [0.1, 0.15) is 6.10 Å². The Morgan fingerprint density at radius 2 is 2.50 bits per heavy atom. The third kappa shape index (κ3) is 1.27.